The van der Waals surface area contributed by atoms with Crippen LogP contribution in [0, 0.1) is 5.92 Å². The molecule has 3 aromatic rings. The normalized spacial score (nSPS) is 19.7. The lowest BCUT2D eigenvalue weighted by atomic mass is 9.89. The summed E-state index contributed by atoms with van der Waals surface area (Å²) in [6.07, 6.45) is 4.19. The van der Waals surface area contributed by atoms with Crippen molar-refractivity contribution in [3.8, 4) is 11.1 Å². The van der Waals surface area contributed by atoms with Gasteiger partial charge in [0.2, 0.25) is 0 Å². The number of para-hydroxylation sites is 1. The van der Waals surface area contributed by atoms with E-state index in [1.54, 1.807) is 30.3 Å². The Balaban J connectivity index is 1.54. The lowest BCUT2D eigenvalue weighted by Crippen LogP contribution is -2.24. The molecule has 1 aliphatic rings. The summed E-state index contributed by atoms with van der Waals surface area (Å²) in [6, 6.07) is 16.2. The number of benzene rings is 2. The molecule has 27 heavy (non-hydrogen) atoms. The Bertz CT molecular complexity index is 1020. The lowest BCUT2D eigenvalue weighted by molar-refractivity contribution is 0.0155. The van der Waals surface area contributed by atoms with Gasteiger partial charge in [0.1, 0.15) is 11.7 Å². The molecule has 0 radical (unpaired) electrons. The second-order valence-electron chi connectivity index (χ2n) is 7.36. The molecule has 0 bridgehead atoms. The Kier molecular flexibility index (Phi) is 4.80. The molecule has 2 atom stereocenters. The maximum atomic E-state index is 12.4. The number of rotatable bonds is 3. The molecule has 0 spiro atoms. The van der Waals surface area contributed by atoms with Crippen LogP contribution < -0.4 is 5.63 Å². The molecule has 0 amide bonds. The zero-order valence-electron chi connectivity index (χ0n) is 15.3. The van der Waals surface area contributed by atoms with Crippen LogP contribution in [0.1, 0.15) is 43.0 Å². The van der Waals surface area contributed by atoms with Crippen molar-refractivity contribution in [3.63, 3.8) is 0 Å². The van der Waals surface area contributed by atoms with Gasteiger partial charge in [-0.25, -0.2) is 9.59 Å². The third-order valence-corrected chi connectivity index (χ3v) is 5.24. The molecular weight excluding hydrogens is 340 g/mol. The first kappa shape index (κ1) is 17.5. The minimum Gasteiger partial charge on any atom is -0.459 e. The predicted octanol–water partition coefficient (Wildman–Crippen LogP) is 5.20. The minimum absolute atomic E-state index is 0.00783. The van der Waals surface area contributed by atoms with Crippen LogP contribution in [-0.2, 0) is 4.74 Å². The van der Waals surface area contributed by atoms with Crippen LogP contribution in [0.5, 0.6) is 0 Å². The summed E-state index contributed by atoms with van der Waals surface area (Å²) in [5.41, 5.74) is 1.88. The van der Waals surface area contributed by atoms with Gasteiger partial charge >= 0.3 is 11.6 Å². The van der Waals surface area contributed by atoms with Crippen molar-refractivity contribution in [1.82, 2.24) is 0 Å². The lowest BCUT2D eigenvalue weighted by Gasteiger charge is -2.26. The monoisotopic (exact) mass is 362 g/mol. The molecule has 0 saturated heterocycles. The Morgan fingerprint density at radius 3 is 2.63 bits per heavy atom. The van der Waals surface area contributed by atoms with Crippen LogP contribution in [-0.4, -0.2) is 12.1 Å². The standard InChI is InChI=1S/C23H22O4/c1-15-5-4-7-19(13-15)26-22(24)17-11-9-16(10-12-17)20-14-18-6-2-3-8-21(18)27-23(20)25/h2-3,6,8-12,14-15,19H,4-5,7,13H2,1H3/t15-,19-/m0/s1. The molecule has 4 heteroatoms. The third kappa shape index (κ3) is 3.80. The van der Waals surface area contributed by atoms with E-state index in [9.17, 15) is 9.59 Å². The summed E-state index contributed by atoms with van der Waals surface area (Å²) in [5, 5.41) is 0.863. The number of esters is 1. The number of fused-ring (bicyclic) bond motifs is 1. The average Bonchev–Trinajstić information content (AvgIpc) is 2.67. The van der Waals surface area contributed by atoms with Crippen molar-refractivity contribution in [2.45, 2.75) is 38.7 Å². The van der Waals surface area contributed by atoms with Crippen molar-refractivity contribution >= 4 is 16.9 Å². The summed E-state index contributed by atoms with van der Waals surface area (Å²) in [4.78, 5) is 24.7. The largest absolute Gasteiger partial charge is 0.459 e. The molecule has 1 saturated carbocycles. The van der Waals surface area contributed by atoms with E-state index < -0.39 is 0 Å². The highest BCUT2D eigenvalue weighted by atomic mass is 16.5. The van der Waals surface area contributed by atoms with Gasteiger partial charge in [-0.1, -0.05) is 43.7 Å². The molecule has 138 valence electrons. The van der Waals surface area contributed by atoms with Gasteiger partial charge in [-0.15, -0.1) is 0 Å². The third-order valence-electron chi connectivity index (χ3n) is 5.24. The second-order valence-corrected chi connectivity index (χ2v) is 7.36. The fourth-order valence-corrected chi connectivity index (χ4v) is 3.75. The Morgan fingerprint density at radius 2 is 1.85 bits per heavy atom. The molecule has 1 aromatic heterocycles. The summed E-state index contributed by atoms with van der Waals surface area (Å²) in [7, 11) is 0. The first-order valence-corrected chi connectivity index (χ1v) is 9.44. The Hall–Kier alpha value is -2.88. The van der Waals surface area contributed by atoms with Gasteiger partial charge in [0.25, 0.3) is 0 Å². The molecular formula is C23H22O4. The fraction of sp³-hybridized carbons (Fsp3) is 0.304. The van der Waals surface area contributed by atoms with Crippen molar-refractivity contribution < 1.29 is 13.9 Å². The van der Waals surface area contributed by atoms with Gasteiger partial charge < -0.3 is 9.15 Å². The Morgan fingerprint density at radius 1 is 1.07 bits per heavy atom. The number of carbonyl (C=O) groups excluding carboxylic acids is 1. The predicted molar refractivity (Wildman–Crippen MR) is 105 cm³/mol. The van der Waals surface area contributed by atoms with Gasteiger partial charge in [-0.3, -0.25) is 0 Å². The average molecular weight is 362 g/mol. The summed E-state index contributed by atoms with van der Waals surface area (Å²) >= 11 is 0. The van der Waals surface area contributed by atoms with Crippen molar-refractivity contribution in [2.24, 2.45) is 5.92 Å². The topological polar surface area (TPSA) is 56.5 Å². The first-order valence-electron chi connectivity index (χ1n) is 9.44. The summed E-state index contributed by atoms with van der Waals surface area (Å²) < 4.78 is 11.0. The highest BCUT2D eigenvalue weighted by Crippen LogP contribution is 2.27. The summed E-state index contributed by atoms with van der Waals surface area (Å²) in [6.45, 7) is 2.20. The van der Waals surface area contributed by atoms with E-state index in [0.29, 0.717) is 22.6 Å². The molecule has 4 rings (SSSR count). The van der Waals surface area contributed by atoms with Crippen molar-refractivity contribution in [3.05, 3.63) is 70.6 Å². The molecule has 1 aliphatic carbocycles. The van der Waals surface area contributed by atoms with Gasteiger partial charge in [0.15, 0.2) is 0 Å². The van der Waals surface area contributed by atoms with Crippen molar-refractivity contribution in [1.29, 1.82) is 0 Å². The molecule has 4 nitrogen and oxygen atoms in total. The quantitative estimate of drug-likeness (QED) is 0.475. The molecule has 1 fully saturated rings. The minimum atomic E-state index is -0.389. The van der Waals surface area contributed by atoms with Gasteiger partial charge in [0.05, 0.1) is 11.1 Å². The van der Waals surface area contributed by atoms with Crippen LogP contribution in [0.4, 0.5) is 0 Å². The highest BCUT2D eigenvalue weighted by Gasteiger charge is 2.22. The van der Waals surface area contributed by atoms with Gasteiger partial charge in [-0.05, 0) is 55.0 Å². The van der Waals surface area contributed by atoms with Gasteiger partial charge in [-0.2, -0.15) is 0 Å². The van der Waals surface area contributed by atoms with E-state index >= 15 is 0 Å². The van der Waals surface area contributed by atoms with E-state index in [4.69, 9.17) is 9.15 Å². The molecule has 0 aliphatic heterocycles. The smallest absolute Gasteiger partial charge is 0.344 e. The van der Waals surface area contributed by atoms with Crippen molar-refractivity contribution in [2.75, 3.05) is 0 Å². The fourth-order valence-electron chi connectivity index (χ4n) is 3.75. The van der Waals surface area contributed by atoms with E-state index in [0.717, 1.165) is 30.2 Å². The van der Waals surface area contributed by atoms with E-state index in [2.05, 4.69) is 6.92 Å². The van der Waals surface area contributed by atoms with Crippen LogP contribution >= 0.6 is 0 Å². The first-order chi connectivity index (χ1) is 13.1. The second kappa shape index (κ2) is 7.39. The van der Waals surface area contributed by atoms with Gasteiger partial charge in [0, 0.05) is 5.39 Å². The molecule has 2 aromatic carbocycles. The molecule has 0 unspecified atom stereocenters. The summed E-state index contributed by atoms with van der Waals surface area (Å²) in [5.74, 6) is 0.303. The number of hydrogen-bond donors (Lipinski definition) is 0. The highest BCUT2D eigenvalue weighted by molar-refractivity contribution is 5.90. The number of ether oxygens (including phenoxy) is 1. The van der Waals surface area contributed by atoms with E-state index in [-0.39, 0.29) is 17.7 Å². The number of carbonyl (C=O) groups is 1. The maximum Gasteiger partial charge on any atom is 0.344 e. The van der Waals surface area contributed by atoms with E-state index in [1.807, 2.05) is 24.3 Å². The molecule has 1 heterocycles. The van der Waals surface area contributed by atoms with Crippen LogP contribution in [0.25, 0.3) is 22.1 Å². The van der Waals surface area contributed by atoms with Crippen LogP contribution in [0.15, 0.2) is 63.8 Å². The zero-order valence-corrected chi connectivity index (χ0v) is 15.3. The maximum absolute atomic E-state index is 12.4. The zero-order chi connectivity index (χ0) is 18.8. The van der Waals surface area contributed by atoms with Crippen LogP contribution in [0.2, 0.25) is 0 Å². The van der Waals surface area contributed by atoms with E-state index in [1.165, 1.54) is 6.42 Å². The SMILES string of the molecule is C[C@H]1CCC[C@H](OC(=O)c2ccc(-c3cc4ccccc4oc3=O)cc2)C1. The Labute approximate surface area is 157 Å². The van der Waals surface area contributed by atoms with Crippen LogP contribution in [0.3, 0.4) is 0 Å². The molecule has 0 N–H and O–H groups in total. The number of hydrogen-bond acceptors (Lipinski definition) is 4.